The molecule has 0 bridgehead atoms. The Labute approximate surface area is 116 Å². The van der Waals surface area contributed by atoms with Gasteiger partial charge < -0.3 is 4.98 Å². The number of aromatic nitrogens is 2. The van der Waals surface area contributed by atoms with Crippen molar-refractivity contribution in [2.75, 3.05) is 0 Å². The van der Waals surface area contributed by atoms with Crippen LogP contribution in [0.5, 0.6) is 0 Å². The van der Waals surface area contributed by atoms with E-state index >= 15 is 0 Å². The molecule has 0 amide bonds. The molecular formula is C16H15N3O. The van der Waals surface area contributed by atoms with Crippen molar-refractivity contribution in [3.63, 3.8) is 0 Å². The van der Waals surface area contributed by atoms with Crippen molar-refractivity contribution in [3.05, 3.63) is 51.8 Å². The minimum absolute atomic E-state index is 0.0232. The summed E-state index contributed by atoms with van der Waals surface area (Å²) in [6, 6.07) is 11.5. The van der Waals surface area contributed by atoms with Gasteiger partial charge in [0.15, 0.2) is 0 Å². The van der Waals surface area contributed by atoms with E-state index < -0.39 is 0 Å². The van der Waals surface area contributed by atoms with Crippen LogP contribution in [-0.2, 0) is 6.42 Å². The van der Waals surface area contributed by atoms with Crippen LogP contribution in [0.3, 0.4) is 0 Å². The van der Waals surface area contributed by atoms with Crippen molar-refractivity contribution in [1.82, 2.24) is 9.38 Å². The minimum Gasteiger partial charge on any atom is -0.338 e. The third-order valence-corrected chi connectivity index (χ3v) is 3.59. The summed E-state index contributed by atoms with van der Waals surface area (Å²) in [5.74, 6) is 0. The van der Waals surface area contributed by atoms with Crippen LogP contribution in [0.2, 0.25) is 0 Å². The first-order valence-electron chi connectivity index (χ1n) is 6.81. The number of pyridine rings is 1. The van der Waals surface area contributed by atoms with Gasteiger partial charge in [-0.05, 0) is 31.0 Å². The Morgan fingerprint density at radius 2 is 2.15 bits per heavy atom. The molecule has 1 aromatic carbocycles. The van der Waals surface area contributed by atoms with Gasteiger partial charge >= 0.3 is 0 Å². The van der Waals surface area contributed by atoms with Crippen molar-refractivity contribution in [3.8, 4) is 6.07 Å². The van der Waals surface area contributed by atoms with Gasteiger partial charge in [-0.2, -0.15) is 5.26 Å². The number of nitrogens with zero attached hydrogens (tertiary/aromatic N) is 2. The summed E-state index contributed by atoms with van der Waals surface area (Å²) >= 11 is 0. The maximum absolute atomic E-state index is 12.6. The van der Waals surface area contributed by atoms with Crippen molar-refractivity contribution in [1.29, 1.82) is 5.26 Å². The molecule has 0 spiro atoms. The summed E-state index contributed by atoms with van der Waals surface area (Å²) in [6.45, 7) is 2.09. The van der Waals surface area contributed by atoms with Crippen molar-refractivity contribution in [2.24, 2.45) is 0 Å². The Morgan fingerprint density at radius 1 is 1.35 bits per heavy atom. The fourth-order valence-electron chi connectivity index (χ4n) is 2.56. The summed E-state index contributed by atoms with van der Waals surface area (Å²) < 4.78 is 1.62. The van der Waals surface area contributed by atoms with E-state index in [1.807, 2.05) is 24.3 Å². The number of aromatic amines is 1. The molecular weight excluding hydrogens is 250 g/mol. The number of H-pyrrole nitrogens is 1. The lowest BCUT2D eigenvalue weighted by Crippen LogP contribution is -2.18. The number of para-hydroxylation sites is 2. The monoisotopic (exact) mass is 265 g/mol. The first-order chi connectivity index (χ1) is 9.76. The normalized spacial score (nSPS) is 11.0. The molecule has 0 saturated heterocycles. The smallest absolute Gasteiger partial charge is 0.260 e. The summed E-state index contributed by atoms with van der Waals surface area (Å²) in [7, 11) is 0. The summed E-state index contributed by atoms with van der Waals surface area (Å²) in [5, 5.41) is 9.32. The molecule has 4 nitrogen and oxygen atoms in total. The fraction of sp³-hybridized carbons (Fsp3) is 0.250. The van der Waals surface area contributed by atoms with Gasteiger partial charge in [0.2, 0.25) is 0 Å². The van der Waals surface area contributed by atoms with Crippen LogP contribution in [0.25, 0.3) is 16.7 Å². The van der Waals surface area contributed by atoms with E-state index in [0.717, 1.165) is 23.9 Å². The predicted octanol–water partition coefficient (Wildman–Crippen LogP) is 3.00. The van der Waals surface area contributed by atoms with Crippen molar-refractivity contribution < 1.29 is 0 Å². The number of fused-ring (bicyclic) bond motifs is 3. The second-order valence-electron chi connectivity index (χ2n) is 4.93. The Balaban J connectivity index is 2.41. The van der Waals surface area contributed by atoms with Crippen LogP contribution >= 0.6 is 0 Å². The molecule has 0 aliphatic heterocycles. The zero-order valence-corrected chi connectivity index (χ0v) is 11.3. The van der Waals surface area contributed by atoms with Gasteiger partial charge in [0, 0.05) is 5.56 Å². The molecule has 0 atom stereocenters. The van der Waals surface area contributed by atoms with E-state index in [1.54, 1.807) is 10.5 Å². The largest absolute Gasteiger partial charge is 0.338 e. The van der Waals surface area contributed by atoms with Gasteiger partial charge in [-0.25, -0.2) is 0 Å². The highest BCUT2D eigenvalue weighted by atomic mass is 16.1. The average molecular weight is 265 g/mol. The Kier molecular flexibility index (Phi) is 3.03. The van der Waals surface area contributed by atoms with Gasteiger partial charge in [0.1, 0.15) is 11.7 Å². The first-order valence-corrected chi connectivity index (χ1v) is 6.81. The number of nitrogens with one attached hydrogen (secondary N) is 1. The van der Waals surface area contributed by atoms with E-state index in [9.17, 15) is 10.1 Å². The molecule has 0 saturated carbocycles. The minimum atomic E-state index is -0.0232. The standard InChI is InChI=1S/C16H15N3O/c1-2-3-6-11-9-12(10-17)15-18-13-7-4-5-8-14(13)19(15)16(11)20/h4-5,7-9,18H,2-3,6H2,1H3. The van der Waals surface area contributed by atoms with Crippen molar-refractivity contribution in [2.45, 2.75) is 26.2 Å². The number of aryl methyl sites for hydroxylation is 1. The summed E-state index contributed by atoms with van der Waals surface area (Å²) in [6.07, 6.45) is 2.69. The highest BCUT2D eigenvalue weighted by molar-refractivity contribution is 5.82. The van der Waals surface area contributed by atoms with E-state index in [0.29, 0.717) is 23.2 Å². The molecule has 3 rings (SSSR count). The van der Waals surface area contributed by atoms with Crippen LogP contribution < -0.4 is 5.56 Å². The highest BCUT2D eigenvalue weighted by Crippen LogP contribution is 2.18. The quantitative estimate of drug-likeness (QED) is 0.791. The Morgan fingerprint density at radius 3 is 2.90 bits per heavy atom. The van der Waals surface area contributed by atoms with Crippen LogP contribution in [0.15, 0.2) is 35.1 Å². The number of hydrogen-bond acceptors (Lipinski definition) is 2. The number of rotatable bonds is 3. The highest BCUT2D eigenvalue weighted by Gasteiger charge is 2.13. The molecule has 2 aromatic heterocycles. The van der Waals surface area contributed by atoms with Gasteiger partial charge in [0.05, 0.1) is 16.6 Å². The van der Waals surface area contributed by atoms with Gasteiger partial charge in [-0.15, -0.1) is 0 Å². The van der Waals surface area contributed by atoms with Crippen LogP contribution in [0.1, 0.15) is 30.9 Å². The number of imidazole rings is 1. The second-order valence-corrected chi connectivity index (χ2v) is 4.93. The molecule has 4 heteroatoms. The van der Waals surface area contributed by atoms with E-state index in [2.05, 4.69) is 18.0 Å². The average Bonchev–Trinajstić information content (AvgIpc) is 2.86. The maximum Gasteiger partial charge on any atom is 0.260 e. The molecule has 2 heterocycles. The second kappa shape index (κ2) is 4.86. The van der Waals surface area contributed by atoms with E-state index in [4.69, 9.17) is 0 Å². The van der Waals surface area contributed by atoms with Crippen LogP contribution in [0.4, 0.5) is 0 Å². The number of unbranched alkanes of at least 4 members (excludes halogenated alkanes) is 1. The topological polar surface area (TPSA) is 61.1 Å². The first kappa shape index (κ1) is 12.5. The summed E-state index contributed by atoms with van der Waals surface area (Å²) in [4.78, 5) is 15.8. The molecule has 0 fully saturated rings. The third kappa shape index (κ3) is 1.79. The van der Waals surface area contributed by atoms with Gasteiger partial charge in [0.25, 0.3) is 5.56 Å². The molecule has 1 N–H and O–H groups in total. The number of benzene rings is 1. The molecule has 0 unspecified atom stereocenters. The molecule has 20 heavy (non-hydrogen) atoms. The molecule has 100 valence electrons. The van der Waals surface area contributed by atoms with Crippen LogP contribution in [-0.4, -0.2) is 9.38 Å². The molecule has 3 aromatic rings. The zero-order chi connectivity index (χ0) is 14.1. The van der Waals surface area contributed by atoms with E-state index in [-0.39, 0.29) is 5.56 Å². The maximum atomic E-state index is 12.6. The lowest BCUT2D eigenvalue weighted by atomic mass is 10.1. The fourth-order valence-corrected chi connectivity index (χ4v) is 2.56. The van der Waals surface area contributed by atoms with Gasteiger partial charge in [-0.3, -0.25) is 9.20 Å². The van der Waals surface area contributed by atoms with E-state index in [1.165, 1.54) is 0 Å². The third-order valence-electron chi connectivity index (χ3n) is 3.59. The lowest BCUT2D eigenvalue weighted by molar-refractivity contribution is 0.784. The molecule has 0 aliphatic rings. The Bertz CT molecular complexity index is 880. The van der Waals surface area contributed by atoms with Crippen molar-refractivity contribution >= 4 is 16.7 Å². The predicted molar refractivity (Wildman–Crippen MR) is 78.9 cm³/mol. The Hall–Kier alpha value is -2.54. The number of hydrogen-bond donors (Lipinski definition) is 1. The summed E-state index contributed by atoms with van der Waals surface area (Å²) in [5.41, 5.74) is 3.48. The zero-order valence-electron chi connectivity index (χ0n) is 11.3. The SMILES string of the molecule is CCCCc1cc(C#N)c2[nH]c3ccccc3n2c1=O. The van der Waals surface area contributed by atoms with Gasteiger partial charge in [-0.1, -0.05) is 25.5 Å². The lowest BCUT2D eigenvalue weighted by Gasteiger charge is -2.03. The molecule has 0 radical (unpaired) electrons. The number of nitriles is 1. The van der Waals surface area contributed by atoms with Crippen LogP contribution in [0, 0.1) is 11.3 Å². The molecule has 0 aliphatic carbocycles.